The number of phosphoric acid groups is 1. The first-order chi connectivity index (χ1) is 29.4. The Bertz CT molecular complexity index is 1340. The van der Waals surface area contributed by atoms with E-state index in [-0.39, 0.29) is 12.8 Å². The van der Waals surface area contributed by atoms with Crippen LogP contribution in [-0.2, 0) is 32.7 Å². The van der Waals surface area contributed by atoms with E-state index < -0.39 is 75.7 Å². The number of unbranched alkanes of at least 4 members (excludes halogenated alkanes) is 12. The van der Waals surface area contributed by atoms with E-state index in [9.17, 15) is 44.6 Å². The average Bonchev–Trinajstić information content (AvgIpc) is 3.24. The van der Waals surface area contributed by atoms with Gasteiger partial charge in [0.15, 0.2) is 6.10 Å². The zero-order chi connectivity index (χ0) is 45.0. The summed E-state index contributed by atoms with van der Waals surface area (Å²) >= 11 is 0. The van der Waals surface area contributed by atoms with Crippen LogP contribution in [0, 0.1) is 0 Å². The van der Waals surface area contributed by atoms with Crippen LogP contribution in [0.1, 0.15) is 155 Å². The topological polar surface area (TPSA) is 210 Å². The van der Waals surface area contributed by atoms with Crippen LogP contribution in [0.4, 0.5) is 0 Å². The Morgan fingerprint density at radius 2 is 0.918 bits per heavy atom. The van der Waals surface area contributed by atoms with Crippen molar-refractivity contribution in [1.82, 2.24) is 0 Å². The summed E-state index contributed by atoms with van der Waals surface area (Å²) in [7, 11) is -5.14. The molecule has 0 saturated heterocycles. The van der Waals surface area contributed by atoms with Crippen molar-refractivity contribution in [3.05, 3.63) is 72.9 Å². The number of hydrogen-bond donors (Lipinski definition) is 6. The van der Waals surface area contributed by atoms with Crippen LogP contribution in [0.3, 0.4) is 0 Å². The van der Waals surface area contributed by atoms with Gasteiger partial charge in [0.25, 0.3) is 0 Å². The highest BCUT2D eigenvalue weighted by atomic mass is 31.2. The highest BCUT2D eigenvalue weighted by Crippen LogP contribution is 2.47. The van der Waals surface area contributed by atoms with Crippen LogP contribution in [0.5, 0.6) is 0 Å². The molecule has 0 aromatic rings. The van der Waals surface area contributed by atoms with E-state index in [1.807, 2.05) is 18.2 Å². The van der Waals surface area contributed by atoms with Gasteiger partial charge in [-0.1, -0.05) is 138 Å². The van der Waals surface area contributed by atoms with Crippen molar-refractivity contribution in [3.8, 4) is 0 Å². The molecule has 0 spiro atoms. The molecule has 8 atom stereocenters. The summed E-state index contributed by atoms with van der Waals surface area (Å²) in [4.78, 5) is 35.6. The molecule has 6 N–H and O–H groups in total. The number of carbonyl (C=O) groups excluding carboxylic acids is 2. The van der Waals surface area contributed by atoms with Crippen LogP contribution < -0.4 is 0 Å². The van der Waals surface area contributed by atoms with E-state index in [1.165, 1.54) is 44.9 Å². The number of aliphatic hydroxyl groups is 5. The highest BCUT2D eigenvalue weighted by Gasteiger charge is 2.51. The van der Waals surface area contributed by atoms with E-state index in [1.54, 1.807) is 0 Å². The lowest BCUT2D eigenvalue weighted by molar-refractivity contribution is -0.220. The largest absolute Gasteiger partial charge is 0.472 e. The third kappa shape index (κ3) is 29.3. The SMILES string of the molecule is CCCCC/C=C/C/C=C/C/C=C/C/C=C/C/C=C/CCC(=O)OC[C@@H](COP(=O)(O)OC1C(O)C(O)C(O)[C@H](O)C1O)OC(=O)CCCCCCC/C=C/CCCCCC. The molecular formula is C47H79O13P. The van der Waals surface area contributed by atoms with Gasteiger partial charge in [0.2, 0.25) is 0 Å². The van der Waals surface area contributed by atoms with E-state index in [0.29, 0.717) is 19.3 Å². The molecule has 61 heavy (non-hydrogen) atoms. The third-order valence-electron chi connectivity index (χ3n) is 10.0. The standard InChI is InChI=1S/C47H79O13P/c1-3-5-7-9-11-13-15-17-18-19-20-21-22-24-25-27-29-31-33-35-40(48)57-37-39(38-58-61(55,56)60-47-45(53)43(51)42(50)44(52)46(47)54)59-41(49)36-34-32-30-28-26-23-16-14-12-10-8-6-4-2/h11,13-14,16-18,20-21,24-25,29,31,39,42-47,50-54H,3-10,12,15,19,22-23,26-28,30,32-38H2,1-2H3,(H,55,56)/b13-11+,16-14+,18-17+,21-20+,25-24+,31-29+/t39-,42?,43-,44?,45?,46?,47?/m0/s1. The third-order valence-corrected chi connectivity index (χ3v) is 11.0. The van der Waals surface area contributed by atoms with Crippen molar-refractivity contribution in [1.29, 1.82) is 0 Å². The zero-order valence-electron chi connectivity index (χ0n) is 36.9. The quantitative estimate of drug-likeness (QED) is 0.0151. The van der Waals surface area contributed by atoms with Gasteiger partial charge in [0.1, 0.15) is 43.2 Å². The maximum atomic E-state index is 12.8. The lowest BCUT2D eigenvalue weighted by Gasteiger charge is -2.41. The number of carbonyl (C=O) groups is 2. The molecule has 0 radical (unpaired) electrons. The van der Waals surface area contributed by atoms with Gasteiger partial charge in [-0.3, -0.25) is 18.6 Å². The molecule has 1 fully saturated rings. The Morgan fingerprint density at radius 1 is 0.508 bits per heavy atom. The minimum atomic E-state index is -5.14. The molecular weight excluding hydrogens is 803 g/mol. The van der Waals surface area contributed by atoms with Gasteiger partial charge in [-0.15, -0.1) is 0 Å². The molecule has 1 rings (SSSR count). The van der Waals surface area contributed by atoms with E-state index in [4.69, 9.17) is 18.5 Å². The highest BCUT2D eigenvalue weighted by molar-refractivity contribution is 7.47. The predicted molar refractivity (Wildman–Crippen MR) is 239 cm³/mol. The molecule has 1 aliphatic carbocycles. The van der Waals surface area contributed by atoms with Gasteiger partial charge >= 0.3 is 19.8 Å². The minimum absolute atomic E-state index is 0.0386. The second-order valence-electron chi connectivity index (χ2n) is 15.5. The van der Waals surface area contributed by atoms with E-state index >= 15 is 0 Å². The summed E-state index contributed by atoms with van der Waals surface area (Å²) < 4.78 is 33.4. The molecule has 1 aliphatic rings. The van der Waals surface area contributed by atoms with E-state index in [2.05, 4.69) is 68.5 Å². The zero-order valence-corrected chi connectivity index (χ0v) is 37.8. The monoisotopic (exact) mass is 883 g/mol. The molecule has 0 heterocycles. The molecule has 6 unspecified atom stereocenters. The Balaban J connectivity index is 2.53. The molecule has 0 amide bonds. The molecule has 0 aromatic heterocycles. The number of phosphoric ester groups is 1. The lowest BCUT2D eigenvalue weighted by atomic mass is 9.85. The first-order valence-electron chi connectivity index (χ1n) is 22.7. The summed E-state index contributed by atoms with van der Waals surface area (Å²) in [6.07, 6.45) is 32.6. The van der Waals surface area contributed by atoms with Crippen molar-refractivity contribution < 1.29 is 63.1 Å². The van der Waals surface area contributed by atoms with Gasteiger partial charge in [-0.2, -0.15) is 0 Å². The number of aliphatic hydroxyl groups excluding tert-OH is 5. The van der Waals surface area contributed by atoms with Gasteiger partial charge < -0.3 is 39.9 Å². The maximum Gasteiger partial charge on any atom is 0.472 e. The summed E-state index contributed by atoms with van der Waals surface area (Å²) in [5.41, 5.74) is 0. The molecule has 0 aromatic carbocycles. The van der Waals surface area contributed by atoms with E-state index in [0.717, 1.165) is 64.2 Å². The van der Waals surface area contributed by atoms with Gasteiger partial charge in [-0.25, -0.2) is 4.57 Å². The number of esters is 2. The van der Waals surface area contributed by atoms with Crippen molar-refractivity contribution in [2.75, 3.05) is 13.2 Å². The fourth-order valence-corrected chi connectivity index (χ4v) is 7.29. The van der Waals surface area contributed by atoms with Crippen LogP contribution in [0.2, 0.25) is 0 Å². The summed E-state index contributed by atoms with van der Waals surface area (Å²) in [6, 6.07) is 0. The average molecular weight is 883 g/mol. The van der Waals surface area contributed by atoms with Crippen LogP contribution in [0.15, 0.2) is 72.9 Å². The van der Waals surface area contributed by atoms with Crippen LogP contribution >= 0.6 is 7.82 Å². The fraction of sp³-hybridized carbons (Fsp3) is 0.702. The molecule has 0 bridgehead atoms. The summed E-state index contributed by atoms with van der Waals surface area (Å²) in [5, 5.41) is 50.1. The predicted octanol–water partition coefficient (Wildman–Crippen LogP) is 8.72. The van der Waals surface area contributed by atoms with Crippen molar-refractivity contribution in [2.24, 2.45) is 0 Å². The second kappa shape index (κ2) is 36.7. The Hall–Kier alpha value is -2.71. The van der Waals surface area contributed by atoms with Gasteiger partial charge in [0.05, 0.1) is 6.61 Å². The van der Waals surface area contributed by atoms with Crippen molar-refractivity contribution >= 4 is 19.8 Å². The van der Waals surface area contributed by atoms with Crippen molar-refractivity contribution in [3.63, 3.8) is 0 Å². The molecule has 13 nitrogen and oxygen atoms in total. The maximum absolute atomic E-state index is 12.8. The first-order valence-corrected chi connectivity index (χ1v) is 24.2. The Labute approximate surface area is 365 Å². The lowest BCUT2D eigenvalue weighted by Crippen LogP contribution is -2.64. The summed E-state index contributed by atoms with van der Waals surface area (Å²) in [5.74, 6) is -1.21. The van der Waals surface area contributed by atoms with Crippen LogP contribution in [-0.4, -0.2) is 98.3 Å². The molecule has 0 aliphatic heterocycles. The smallest absolute Gasteiger partial charge is 0.462 e. The molecule has 14 heteroatoms. The van der Waals surface area contributed by atoms with Crippen molar-refractivity contribution in [2.45, 2.75) is 198 Å². The fourth-order valence-electron chi connectivity index (χ4n) is 6.32. The van der Waals surface area contributed by atoms with Gasteiger partial charge in [-0.05, 0) is 77.0 Å². The number of ether oxygens (including phenoxy) is 2. The number of hydrogen-bond acceptors (Lipinski definition) is 12. The molecule has 1 saturated carbocycles. The van der Waals surface area contributed by atoms with Crippen LogP contribution in [0.25, 0.3) is 0 Å². The molecule has 350 valence electrons. The second-order valence-corrected chi connectivity index (χ2v) is 16.9. The normalized spacial score (nSPS) is 22.7. The first kappa shape index (κ1) is 56.3. The number of rotatable bonds is 36. The minimum Gasteiger partial charge on any atom is -0.462 e. The Morgan fingerprint density at radius 3 is 1.46 bits per heavy atom. The Kier molecular flexibility index (Phi) is 33.9. The van der Waals surface area contributed by atoms with Gasteiger partial charge in [0, 0.05) is 12.8 Å². The number of allylic oxidation sites excluding steroid dienone is 12. The summed E-state index contributed by atoms with van der Waals surface area (Å²) in [6.45, 7) is 3.16.